The smallest absolute Gasteiger partial charge is 0.345 e. The number of benzene rings is 4. The van der Waals surface area contributed by atoms with Gasteiger partial charge in [0, 0.05) is 12.1 Å². The molecule has 4 aromatic rings. The quantitative estimate of drug-likeness (QED) is 0.493. The fourth-order valence-corrected chi connectivity index (χ4v) is 3.74. The average molecular weight is 380 g/mol. The lowest BCUT2D eigenvalue weighted by atomic mass is 10.1. The first-order chi connectivity index (χ1) is 14.2. The first-order valence-electron chi connectivity index (χ1n) is 9.51. The molecule has 0 aliphatic carbocycles. The molecular formula is C25H20N2O2+2. The minimum Gasteiger partial charge on any atom is -0.507 e. The Bertz CT molecular complexity index is 1210. The van der Waals surface area contributed by atoms with Crippen LogP contribution in [0.3, 0.4) is 0 Å². The summed E-state index contributed by atoms with van der Waals surface area (Å²) < 4.78 is 4.24. The molecule has 0 bridgehead atoms. The summed E-state index contributed by atoms with van der Waals surface area (Å²) >= 11 is 0. The Morgan fingerprint density at radius 1 is 0.586 bits per heavy atom. The monoisotopic (exact) mass is 380 g/mol. The number of aromatic hydroxyl groups is 2. The molecule has 29 heavy (non-hydrogen) atoms. The highest BCUT2D eigenvalue weighted by atomic mass is 16.3. The van der Waals surface area contributed by atoms with E-state index in [0.29, 0.717) is 6.67 Å². The van der Waals surface area contributed by atoms with E-state index in [0.717, 1.165) is 33.3 Å². The van der Waals surface area contributed by atoms with Gasteiger partial charge in [-0.2, -0.15) is 0 Å². The minimum absolute atomic E-state index is 0.248. The van der Waals surface area contributed by atoms with Crippen molar-refractivity contribution in [1.82, 2.24) is 0 Å². The van der Waals surface area contributed by atoms with Gasteiger partial charge in [0.2, 0.25) is 0 Å². The van der Waals surface area contributed by atoms with Crippen molar-refractivity contribution in [3.8, 4) is 11.5 Å². The van der Waals surface area contributed by atoms with E-state index in [1.807, 2.05) is 61.0 Å². The summed E-state index contributed by atoms with van der Waals surface area (Å²) in [5.41, 5.74) is 3.63. The summed E-state index contributed by atoms with van der Waals surface area (Å²) in [7, 11) is 0. The van der Waals surface area contributed by atoms with Gasteiger partial charge in [0.15, 0.2) is 12.4 Å². The van der Waals surface area contributed by atoms with Crippen LogP contribution in [0.1, 0.15) is 11.1 Å². The lowest BCUT2D eigenvalue weighted by Crippen LogP contribution is -2.12. The molecule has 0 aromatic heterocycles. The SMILES string of the molecule is Oc1ccccc1/C=[N+]1\C/[N+](=C\c2ccccc2O)c2cc3ccccc3cc21. The van der Waals surface area contributed by atoms with Crippen LogP contribution in [0.5, 0.6) is 11.5 Å². The number of hydrogen-bond donors (Lipinski definition) is 2. The molecule has 0 fully saturated rings. The lowest BCUT2D eigenvalue weighted by Gasteiger charge is -1.98. The van der Waals surface area contributed by atoms with Crippen molar-refractivity contribution < 1.29 is 19.4 Å². The number of nitrogens with zero attached hydrogens (tertiary/aromatic N) is 2. The predicted octanol–water partition coefficient (Wildman–Crippen LogP) is 4.75. The van der Waals surface area contributed by atoms with Gasteiger partial charge in [0.1, 0.15) is 11.5 Å². The Kier molecular flexibility index (Phi) is 4.10. The molecule has 1 aliphatic rings. The molecule has 4 heteroatoms. The van der Waals surface area contributed by atoms with Crippen molar-refractivity contribution in [2.75, 3.05) is 6.67 Å². The van der Waals surface area contributed by atoms with Crippen molar-refractivity contribution >= 4 is 34.6 Å². The maximum absolute atomic E-state index is 10.2. The number of hydrogen-bond acceptors (Lipinski definition) is 2. The fraction of sp³-hybridized carbons (Fsp3) is 0.0400. The van der Waals surface area contributed by atoms with E-state index >= 15 is 0 Å². The molecule has 1 aliphatic heterocycles. The van der Waals surface area contributed by atoms with Gasteiger partial charge in [0.05, 0.1) is 11.1 Å². The molecule has 5 rings (SSSR count). The van der Waals surface area contributed by atoms with Gasteiger partial charge in [-0.3, -0.25) is 0 Å². The molecule has 0 saturated heterocycles. The van der Waals surface area contributed by atoms with Crippen LogP contribution in [0.25, 0.3) is 10.8 Å². The lowest BCUT2D eigenvalue weighted by molar-refractivity contribution is -0.614. The molecule has 2 N–H and O–H groups in total. The zero-order valence-corrected chi connectivity index (χ0v) is 15.7. The van der Waals surface area contributed by atoms with Crippen LogP contribution in [0.15, 0.2) is 84.9 Å². The zero-order chi connectivity index (χ0) is 19.8. The second-order valence-electron chi connectivity index (χ2n) is 7.14. The Morgan fingerprint density at radius 2 is 1.00 bits per heavy atom. The van der Waals surface area contributed by atoms with E-state index < -0.39 is 0 Å². The summed E-state index contributed by atoms with van der Waals surface area (Å²) in [6.45, 7) is 0.578. The molecule has 0 atom stereocenters. The maximum Gasteiger partial charge on any atom is 0.345 e. The summed E-state index contributed by atoms with van der Waals surface area (Å²) in [6.07, 6.45) is 3.92. The van der Waals surface area contributed by atoms with Crippen LogP contribution in [0.2, 0.25) is 0 Å². The first kappa shape index (κ1) is 17.2. The molecule has 1 heterocycles. The van der Waals surface area contributed by atoms with E-state index in [-0.39, 0.29) is 11.5 Å². The predicted molar refractivity (Wildman–Crippen MR) is 115 cm³/mol. The molecule has 140 valence electrons. The van der Waals surface area contributed by atoms with Crippen molar-refractivity contribution in [2.24, 2.45) is 0 Å². The highest BCUT2D eigenvalue weighted by Gasteiger charge is 2.36. The zero-order valence-electron chi connectivity index (χ0n) is 15.7. The van der Waals surface area contributed by atoms with Crippen LogP contribution in [0.4, 0.5) is 11.4 Å². The van der Waals surface area contributed by atoms with Crippen molar-refractivity contribution in [1.29, 1.82) is 0 Å². The summed E-state index contributed by atoms with van der Waals surface area (Å²) in [6, 6.07) is 27.2. The largest absolute Gasteiger partial charge is 0.507 e. The van der Waals surface area contributed by atoms with Gasteiger partial charge in [0.25, 0.3) is 11.4 Å². The van der Waals surface area contributed by atoms with Gasteiger partial charge >= 0.3 is 6.67 Å². The van der Waals surface area contributed by atoms with E-state index in [1.165, 1.54) is 0 Å². The second-order valence-corrected chi connectivity index (χ2v) is 7.14. The molecule has 4 nitrogen and oxygen atoms in total. The number of phenolic OH excluding ortho intramolecular Hbond substituents is 2. The third kappa shape index (κ3) is 3.15. The van der Waals surface area contributed by atoms with E-state index in [4.69, 9.17) is 0 Å². The molecule has 0 amide bonds. The standard InChI is InChI=1S/C25H18N2O2/c28-24-11-5-3-9-20(24)15-26-17-27(16-21-10-4-6-12-25(21)29)23-14-19-8-2-1-7-18(19)13-22(23)26/h1-16H,17H2/p+2. The fourth-order valence-electron chi connectivity index (χ4n) is 3.74. The maximum atomic E-state index is 10.2. The van der Waals surface area contributed by atoms with Crippen molar-refractivity contribution in [3.63, 3.8) is 0 Å². The Balaban J connectivity index is 1.72. The van der Waals surface area contributed by atoms with Crippen LogP contribution in [-0.2, 0) is 0 Å². The molecular weight excluding hydrogens is 360 g/mol. The Morgan fingerprint density at radius 3 is 1.45 bits per heavy atom. The number of fused-ring (bicyclic) bond motifs is 2. The molecule has 0 spiro atoms. The number of rotatable bonds is 2. The summed E-state index contributed by atoms with van der Waals surface area (Å²) in [5, 5.41) is 22.7. The molecule has 0 saturated carbocycles. The van der Waals surface area contributed by atoms with E-state index in [9.17, 15) is 10.2 Å². The Hall–Kier alpha value is -3.92. The van der Waals surface area contributed by atoms with Gasteiger partial charge in [-0.1, -0.05) is 48.5 Å². The van der Waals surface area contributed by atoms with Crippen molar-refractivity contribution in [3.05, 3.63) is 96.1 Å². The van der Waals surface area contributed by atoms with Crippen LogP contribution < -0.4 is 0 Å². The molecule has 0 unspecified atom stereocenters. The highest BCUT2D eigenvalue weighted by molar-refractivity contribution is 5.91. The topological polar surface area (TPSA) is 46.5 Å². The third-order valence-corrected chi connectivity index (χ3v) is 5.23. The number of para-hydroxylation sites is 2. The van der Waals surface area contributed by atoms with Crippen molar-refractivity contribution in [2.45, 2.75) is 0 Å². The van der Waals surface area contributed by atoms with Gasteiger partial charge < -0.3 is 10.2 Å². The Labute approximate surface area is 168 Å². The normalized spacial score (nSPS) is 15.9. The molecule has 4 aromatic carbocycles. The molecule has 0 radical (unpaired) electrons. The summed E-state index contributed by atoms with van der Waals surface area (Å²) in [5.74, 6) is 0.496. The van der Waals surface area contributed by atoms with Gasteiger partial charge in [-0.15, -0.1) is 9.15 Å². The van der Waals surface area contributed by atoms with Crippen LogP contribution >= 0.6 is 0 Å². The number of phenols is 2. The first-order valence-corrected chi connectivity index (χ1v) is 9.51. The average Bonchev–Trinajstić information content (AvgIpc) is 3.06. The highest BCUT2D eigenvalue weighted by Crippen LogP contribution is 2.37. The third-order valence-electron chi connectivity index (χ3n) is 5.23. The van der Waals surface area contributed by atoms with E-state index in [2.05, 4.69) is 33.4 Å². The minimum atomic E-state index is 0.248. The van der Waals surface area contributed by atoms with Gasteiger partial charge in [-0.25, -0.2) is 0 Å². The second kappa shape index (κ2) is 6.91. The van der Waals surface area contributed by atoms with Crippen LogP contribution in [-0.4, -0.2) is 38.5 Å². The summed E-state index contributed by atoms with van der Waals surface area (Å²) in [4.78, 5) is 0. The van der Waals surface area contributed by atoms with E-state index in [1.54, 1.807) is 12.1 Å². The van der Waals surface area contributed by atoms with Crippen LogP contribution in [0, 0.1) is 0 Å². The van der Waals surface area contributed by atoms with Gasteiger partial charge in [-0.05, 0) is 35.0 Å².